The van der Waals surface area contributed by atoms with Crippen molar-refractivity contribution >= 4 is 0 Å². The molecule has 0 aromatic heterocycles. The molecular weight excluding hydrogens is 226 g/mol. The zero-order chi connectivity index (χ0) is 10.5. The van der Waals surface area contributed by atoms with Gasteiger partial charge in [0.25, 0.3) is 0 Å². The third-order valence-electron chi connectivity index (χ3n) is 2.41. The van der Waals surface area contributed by atoms with Crippen LogP contribution in [0.1, 0.15) is 18.1 Å². The molecule has 0 aliphatic heterocycles. The molecule has 0 atom stereocenters. The van der Waals surface area contributed by atoms with Gasteiger partial charge in [0.05, 0.1) is 0 Å². The van der Waals surface area contributed by atoms with Crippen molar-refractivity contribution in [3.8, 4) is 0 Å². The van der Waals surface area contributed by atoms with Crippen molar-refractivity contribution < 1.29 is 59.1 Å². The monoisotopic (exact) mass is 240 g/mol. The second kappa shape index (κ2) is 9.16. The molecule has 17 heavy (non-hydrogen) atoms. The molecule has 0 unspecified atom stereocenters. The molecule has 0 amide bonds. The molecule has 0 saturated heterocycles. The van der Waals surface area contributed by atoms with Gasteiger partial charge >= 0.3 is 59.1 Å². The van der Waals surface area contributed by atoms with Crippen molar-refractivity contribution in [1.82, 2.24) is 0 Å². The molecule has 2 aromatic carbocycles. The van der Waals surface area contributed by atoms with Crippen molar-refractivity contribution in [1.29, 1.82) is 0 Å². The summed E-state index contributed by atoms with van der Waals surface area (Å²) in [5.41, 5.74) is 2.53. The van der Waals surface area contributed by atoms with E-state index in [1.807, 2.05) is 12.1 Å². The molecule has 2 heteroatoms. The summed E-state index contributed by atoms with van der Waals surface area (Å²) in [6.07, 6.45) is 2.20. The van der Waals surface area contributed by atoms with Crippen molar-refractivity contribution in [2.45, 2.75) is 6.92 Å². The fourth-order valence-corrected chi connectivity index (χ4v) is 1.58. The molecule has 0 bridgehead atoms. The Balaban J connectivity index is 0.00000128. The average Bonchev–Trinajstić information content (AvgIpc) is 2.31. The van der Waals surface area contributed by atoms with E-state index in [0.29, 0.717) is 0 Å². The molecule has 0 radical (unpaired) electrons. The standard InChI is InChI=1S/C15H14.2Na/c1-13(15-10-6-3-7-11-15)12-14-8-4-2-5-9-14;;/h2-12H,1H3;;/q-2;2*+1. The maximum Gasteiger partial charge on any atom is 1.00 e. The Bertz CT molecular complexity index is 398. The van der Waals surface area contributed by atoms with Crippen LogP contribution in [0.25, 0.3) is 0 Å². The van der Waals surface area contributed by atoms with Gasteiger partial charge in [0.2, 0.25) is 0 Å². The number of hydrogen-bond donors (Lipinski definition) is 0. The summed E-state index contributed by atoms with van der Waals surface area (Å²) in [5.74, 6) is 1.29. The first-order valence-corrected chi connectivity index (χ1v) is 5.15. The van der Waals surface area contributed by atoms with Crippen LogP contribution >= 0.6 is 0 Å². The van der Waals surface area contributed by atoms with Gasteiger partial charge in [-0.2, -0.15) is 35.4 Å². The Morgan fingerprint density at radius 3 is 1.76 bits per heavy atom. The number of benzene rings is 2. The Morgan fingerprint density at radius 2 is 1.24 bits per heavy atom. The average molecular weight is 240 g/mol. The van der Waals surface area contributed by atoms with Gasteiger partial charge in [-0.15, -0.1) is 24.3 Å². The van der Waals surface area contributed by atoms with E-state index < -0.39 is 0 Å². The number of hydrogen-bond acceptors (Lipinski definition) is 0. The van der Waals surface area contributed by atoms with Gasteiger partial charge in [0.1, 0.15) is 0 Å². The van der Waals surface area contributed by atoms with Gasteiger partial charge in [0.15, 0.2) is 0 Å². The molecule has 0 nitrogen and oxygen atoms in total. The van der Waals surface area contributed by atoms with E-state index in [-0.39, 0.29) is 59.1 Å². The molecule has 76 valence electrons. The maximum atomic E-state index is 2.20. The molecular formula is C15H14Na2. The molecule has 0 aliphatic carbocycles. The topological polar surface area (TPSA) is 0 Å². The van der Waals surface area contributed by atoms with Crippen LogP contribution in [0.5, 0.6) is 0 Å². The van der Waals surface area contributed by atoms with E-state index in [9.17, 15) is 0 Å². The SMILES string of the molecule is C[C-]([CH-]c1ccccc1)c1ccccc1.[Na+].[Na+]. The summed E-state index contributed by atoms with van der Waals surface area (Å²) in [7, 11) is 0. The van der Waals surface area contributed by atoms with Crippen LogP contribution in [0.2, 0.25) is 0 Å². The van der Waals surface area contributed by atoms with Crippen molar-refractivity contribution in [3.05, 3.63) is 84.1 Å². The molecule has 0 fully saturated rings. The summed E-state index contributed by atoms with van der Waals surface area (Å²) in [6, 6.07) is 20.8. The Hall–Kier alpha value is 0.180. The van der Waals surface area contributed by atoms with Gasteiger partial charge in [-0.25, -0.2) is 12.3 Å². The van der Waals surface area contributed by atoms with E-state index in [2.05, 4.69) is 61.9 Å². The van der Waals surface area contributed by atoms with Crippen molar-refractivity contribution in [2.24, 2.45) is 0 Å². The van der Waals surface area contributed by atoms with Crippen LogP contribution in [-0.4, -0.2) is 0 Å². The van der Waals surface area contributed by atoms with E-state index in [0.717, 1.165) is 0 Å². The van der Waals surface area contributed by atoms with E-state index in [1.165, 1.54) is 17.0 Å². The minimum absolute atomic E-state index is 0. The molecule has 2 aromatic rings. The van der Waals surface area contributed by atoms with Gasteiger partial charge in [-0.05, 0) is 0 Å². The molecule has 2 rings (SSSR count). The van der Waals surface area contributed by atoms with Gasteiger partial charge in [-0.3, -0.25) is 0 Å². The van der Waals surface area contributed by atoms with E-state index >= 15 is 0 Å². The molecule has 0 saturated carbocycles. The van der Waals surface area contributed by atoms with Crippen LogP contribution in [0.4, 0.5) is 0 Å². The first-order chi connectivity index (χ1) is 7.36. The molecule has 0 N–H and O–H groups in total. The van der Waals surface area contributed by atoms with Gasteiger partial charge in [-0.1, -0.05) is 19.1 Å². The van der Waals surface area contributed by atoms with Crippen molar-refractivity contribution in [3.63, 3.8) is 0 Å². The molecule has 0 heterocycles. The van der Waals surface area contributed by atoms with Gasteiger partial charge < -0.3 is 0 Å². The van der Waals surface area contributed by atoms with Crippen molar-refractivity contribution in [2.75, 3.05) is 0 Å². The largest absolute Gasteiger partial charge is 1.00 e. The normalized spacial score (nSPS) is 8.53. The van der Waals surface area contributed by atoms with Crippen LogP contribution in [-0.2, 0) is 0 Å². The summed E-state index contributed by atoms with van der Waals surface area (Å²) >= 11 is 0. The number of rotatable bonds is 3. The second-order valence-electron chi connectivity index (χ2n) is 3.60. The first kappa shape index (κ1) is 17.2. The predicted octanol–water partition coefficient (Wildman–Crippen LogP) is -2.11. The minimum atomic E-state index is 0. The minimum Gasteiger partial charge on any atom is -0.216 e. The van der Waals surface area contributed by atoms with Crippen LogP contribution < -0.4 is 59.1 Å². The summed E-state index contributed by atoms with van der Waals surface area (Å²) in [6.45, 7) is 2.14. The predicted molar refractivity (Wildman–Crippen MR) is 64.3 cm³/mol. The Labute approximate surface area is 148 Å². The van der Waals surface area contributed by atoms with Crippen LogP contribution in [0, 0.1) is 12.3 Å². The van der Waals surface area contributed by atoms with Gasteiger partial charge in [0, 0.05) is 0 Å². The zero-order valence-corrected chi connectivity index (χ0v) is 14.9. The molecule has 0 aliphatic rings. The quantitative estimate of drug-likeness (QED) is 0.425. The van der Waals surface area contributed by atoms with E-state index in [4.69, 9.17) is 0 Å². The Morgan fingerprint density at radius 1 is 0.765 bits per heavy atom. The third kappa shape index (κ3) is 5.56. The Kier molecular flexibility index (Phi) is 9.25. The fraction of sp³-hybridized carbons (Fsp3) is 0.0667. The molecule has 0 spiro atoms. The van der Waals surface area contributed by atoms with Crippen LogP contribution in [0.3, 0.4) is 0 Å². The smallest absolute Gasteiger partial charge is 0.216 e. The van der Waals surface area contributed by atoms with E-state index in [1.54, 1.807) is 0 Å². The zero-order valence-electron chi connectivity index (χ0n) is 10.9. The summed E-state index contributed by atoms with van der Waals surface area (Å²) in [4.78, 5) is 0. The summed E-state index contributed by atoms with van der Waals surface area (Å²) < 4.78 is 0. The van der Waals surface area contributed by atoms with Crippen LogP contribution in [0.15, 0.2) is 60.7 Å². The summed E-state index contributed by atoms with van der Waals surface area (Å²) in [5, 5.41) is 0. The second-order valence-corrected chi connectivity index (χ2v) is 3.60. The fourth-order valence-electron chi connectivity index (χ4n) is 1.58. The first-order valence-electron chi connectivity index (χ1n) is 5.15. The third-order valence-corrected chi connectivity index (χ3v) is 2.41. The maximum absolute atomic E-state index is 2.20.